The van der Waals surface area contributed by atoms with Crippen LogP contribution in [0.2, 0.25) is 0 Å². The topological polar surface area (TPSA) is 67.4 Å². The summed E-state index contributed by atoms with van der Waals surface area (Å²) in [7, 11) is 0. The van der Waals surface area contributed by atoms with E-state index < -0.39 is 0 Å². The third-order valence-corrected chi connectivity index (χ3v) is 6.10. The highest BCUT2D eigenvalue weighted by molar-refractivity contribution is 7.99. The number of ether oxygens (including phenoxy) is 1. The van der Waals surface area contributed by atoms with E-state index in [-0.39, 0.29) is 5.91 Å². The number of rotatable bonds is 8. The van der Waals surface area contributed by atoms with Gasteiger partial charge in [-0.3, -0.25) is 4.79 Å². The molecule has 1 saturated heterocycles. The SMILES string of the molecule is C=CC(=O)NCc1ccc(Sc2ccnc(Cc3ccc(N4CCOCC4)cc3)n2)cc1. The molecular weight excluding hydrogens is 420 g/mol. The van der Waals surface area contributed by atoms with Gasteiger partial charge in [-0.05, 0) is 47.5 Å². The van der Waals surface area contributed by atoms with Gasteiger partial charge >= 0.3 is 0 Å². The number of anilines is 1. The quantitative estimate of drug-likeness (QED) is 0.419. The minimum atomic E-state index is -0.173. The lowest BCUT2D eigenvalue weighted by molar-refractivity contribution is -0.116. The molecule has 1 aliphatic heterocycles. The molecule has 2 heterocycles. The first-order chi connectivity index (χ1) is 15.7. The number of nitrogens with zero attached hydrogens (tertiary/aromatic N) is 3. The molecule has 164 valence electrons. The number of aromatic nitrogens is 2. The first kappa shape index (κ1) is 22.0. The Kier molecular flexibility index (Phi) is 7.53. The van der Waals surface area contributed by atoms with Crippen LogP contribution >= 0.6 is 11.8 Å². The second kappa shape index (κ2) is 10.9. The van der Waals surface area contributed by atoms with Crippen molar-refractivity contribution in [2.45, 2.75) is 22.9 Å². The maximum atomic E-state index is 11.3. The third kappa shape index (κ3) is 6.18. The summed E-state index contributed by atoms with van der Waals surface area (Å²) in [4.78, 5) is 23.9. The van der Waals surface area contributed by atoms with Gasteiger partial charge in [0.05, 0.1) is 13.2 Å². The van der Waals surface area contributed by atoms with E-state index in [4.69, 9.17) is 9.72 Å². The average Bonchev–Trinajstić information content (AvgIpc) is 2.85. The van der Waals surface area contributed by atoms with Crippen molar-refractivity contribution in [3.8, 4) is 0 Å². The van der Waals surface area contributed by atoms with E-state index in [1.165, 1.54) is 17.3 Å². The van der Waals surface area contributed by atoms with Gasteiger partial charge in [-0.25, -0.2) is 9.97 Å². The van der Waals surface area contributed by atoms with E-state index in [1.807, 2.05) is 36.5 Å². The Balaban J connectivity index is 1.35. The van der Waals surface area contributed by atoms with Crippen LogP contribution in [-0.4, -0.2) is 42.2 Å². The predicted molar refractivity (Wildman–Crippen MR) is 127 cm³/mol. The lowest BCUT2D eigenvalue weighted by Gasteiger charge is -2.28. The monoisotopic (exact) mass is 446 g/mol. The Bertz CT molecular complexity index is 1050. The maximum Gasteiger partial charge on any atom is 0.243 e. The van der Waals surface area contributed by atoms with E-state index in [0.29, 0.717) is 13.0 Å². The van der Waals surface area contributed by atoms with Crippen LogP contribution in [0.5, 0.6) is 0 Å². The fraction of sp³-hybridized carbons (Fsp3) is 0.240. The summed E-state index contributed by atoms with van der Waals surface area (Å²) in [6.07, 6.45) is 3.78. The molecule has 1 aliphatic rings. The van der Waals surface area contributed by atoms with Crippen molar-refractivity contribution in [2.75, 3.05) is 31.2 Å². The first-order valence-corrected chi connectivity index (χ1v) is 11.4. The number of hydrogen-bond donors (Lipinski definition) is 1. The Hall–Kier alpha value is -3.16. The van der Waals surface area contributed by atoms with Crippen LogP contribution in [0.1, 0.15) is 17.0 Å². The van der Waals surface area contributed by atoms with Crippen LogP contribution in [0.4, 0.5) is 5.69 Å². The van der Waals surface area contributed by atoms with Crippen molar-refractivity contribution in [3.63, 3.8) is 0 Å². The number of nitrogens with one attached hydrogen (secondary N) is 1. The van der Waals surface area contributed by atoms with Gasteiger partial charge in [0, 0.05) is 42.8 Å². The molecule has 3 aromatic rings. The average molecular weight is 447 g/mol. The van der Waals surface area contributed by atoms with Crippen molar-refractivity contribution >= 4 is 23.4 Å². The summed E-state index contributed by atoms with van der Waals surface area (Å²) in [5.41, 5.74) is 3.46. The Morgan fingerprint density at radius 2 is 1.78 bits per heavy atom. The van der Waals surface area contributed by atoms with Crippen LogP contribution in [0.25, 0.3) is 0 Å². The highest BCUT2D eigenvalue weighted by Gasteiger charge is 2.11. The van der Waals surface area contributed by atoms with Crippen molar-refractivity contribution in [1.29, 1.82) is 0 Å². The Labute approximate surface area is 192 Å². The zero-order chi connectivity index (χ0) is 22.2. The van der Waals surface area contributed by atoms with E-state index in [2.05, 4.69) is 46.0 Å². The molecule has 4 rings (SSSR count). The summed E-state index contributed by atoms with van der Waals surface area (Å²) in [5.74, 6) is 0.630. The van der Waals surface area contributed by atoms with Crippen LogP contribution in [0.3, 0.4) is 0 Å². The number of carbonyl (C=O) groups is 1. The van der Waals surface area contributed by atoms with Crippen LogP contribution in [-0.2, 0) is 22.5 Å². The lowest BCUT2D eigenvalue weighted by Crippen LogP contribution is -2.36. The van der Waals surface area contributed by atoms with Crippen molar-refractivity contribution < 1.29 is 9.53 Å². The van der Waals surface area contributed by atoms with Gasteiger partial charge in [0.15, 0.2) is 0 Å². The molecule has 2 aromatic carbocycles. The van der Waals surface area contributed by atoms with Gasteiger partial charge in [-0.2, -0.15) is 0 Å². The number of carbonyl (C=O) groups excluding carboxylic acids is 1. The summed E-state index contributed by atoms with van der Waals surface area (Å²) in [6, 6.07) is 18.6. The zero-order valence-electron chi connectivity index (χ0n) is 17.9. The molecule has 32 heavy (non-hydrogen) atoms. The fourth-order valence-corrected chi connectivity index (χ4v) is 4.20. The second-order valence-corrected chi connectivity index (χ2v) is 8.52. The van der Waals surface area contributed by atoms with E-state index in [0.717, 1.165) is 47.6 Å². The van der Waals surface area contributed by atoms with E-state index >= 15 is 0 Å². The molecule has 1 N–H and O–H groups in total. The van der Waals surface area contributed by atoms with Gasteiger partial charge < -0.3 is 15.0 Å². The molecular formula is C25H26N4O2S. The van der Waals surface area contributed by atoms with Crippen molar-refractivity contribution in [3.05, 3.63) is 90.4 Å². The largest absolute Gasteiger partial charge is 0.378 e. The van der Waals surface area contributed by atoms with Gasteiger partial charge in [0.2, 0.25) is 5.91 Å². The highest BCUT2D eigenvalue weighted by Crippen LogP contribution is 2.26. The Morgan fingerprint density at radius 3 is 2.50 bits per heavy atom. The number of benzene rings is 2. The normalized spacial score (nSPS) is 13.6. The molecule has 1 fully saturated rings. The highest BCUT2D eigenvalue weighted by atomic mass is 32.2. The van der Waals surface area contributed by atoms with Crippen LogP contribution in [0, 0.1) is 0 Å². The molecule has 0 atom stereocenters. The minimum Gasteiger partial charge on any atom is -0.378 e. The van der Waals surface area contributed by atoms with Crippen molar-refractivity contribution in [2.24, 2.45) is 0 Å². The molecule has 0 unspecified atom stereocenters. The molecule has 1 aromatic heterocycles. The number of amides is 1. The van der Waals surface area contributed by atoms with Gasteiger partial charge in [-0.15, -0.1) is 0 Å². The molecule has 0 spiro atoms. The third-order valence-electron chi connectivity index (χ3n) is 5.15. The number of hydrogen-bond acceptors (Lipinski definition) is 6. The van der Waals surface area contributed by atoms with E-state index in [9.17, 15) is 4.79 Å². The molecule has 1 amide bonds. The van der Waals surface area contributed by atoms with Crippen molar-refractivity contribution in [1.82, 2.24) is 15.3 Å². The molecule has 7 heteroatoms. The summed E-state index contributed by atoms with van der Waals surface area (Å²) in [5, 5.41) is 3.69. The summed E-state index contributed by atoms with van der Waals surface area (Å²) in [6.45, 7) is 7.39. The van der Waals surface area contributed by atoms with Gasteiger partial charge in [0.25, 0.3) is 0 Å². The van der Waals surface area contributed by atoms with Crippen LogP contribution in [0.15, 0.2) is 83.4 Å². The Morgan fingerprint density at radius 1 is 1.06 bits per heavy atom. The molecule has 0 bridgehead atoms. The lowest BCUT2D eigenvalue weighted by atomic mass is 10.1. The summed E-state index contributed by atoms with van der Waals surface area (Å²) < 4.78 is 5.43. The minimum absolute atomic E-state index is 0.173. The van der Waals surface area contributed by atoms with Crippen LogP contribution < -0.4 is 10.2 Å². The second-order valence-electron chi connectivity index (χ2n) is 7.42. The van der Waals surface area contributed by atoms with E-state index in [1.54, 1.807) is 11.8 Å². The maximum absolute atomic E-state index is 11.3. The fourth-order valence-electron chi connectivity index (χ4n) is 3.41. The molecule has 0 radical (unpaired) electrons. The molecule has 6 nitrogen and oxygen atoms in total. The number of morpholine rings is 1. The molecule has 0 aliphatic carbocycles. The molecule has 0 saturated carbocycles. The standard InChI is InChI=1S/C25H26N4O2S/c1-2-24(30)27-18-20-5-9-22(10-6-20)32-25-11-12-26-23(28-25)17-19-3-7-21(8-4-19)29-13-15-31-16-14-29/h2-12H,1,13-18H2,(H,27,30). The summed E-state index contributed by atoms with van der Waals surface area (Å²) >= 11 is 1.60. The predicted octanol–water partition coefficient (Wildman–Crippen LogP) is 3.86. The van der Waals surface area contributed by atoms with Gasteiger partial charge in [-0.1, -0.05) is 42.6 Å². The zero-order valence-corrected chi connectivity index (χ0v) is 18.7. The van der Waals surface area contributed by atoms with Gasteiger partial charge in [0.1, 0.15) is 10.9 Å². The first-order valence-electron chi connectivity index (χ1n) is 10.6. The smallest absolute Gasteiger partial charge is 0.243 e.